The quantitative estimate of drug-likeness (QED) is 0.436. The predicted octanol–water partition coefficient (Wildman–Crippen LogP) is 2.21. The third-order valence-electron chi connectivity index (χ3n) is 1.37. The lowest BCUT2D eigenvalue weighted by atomic mass is 10.1. The molecule has 2 heteroatoms. The second-order valence-corrected chi connectivity index (χ2v) is 2.98. The molecule has 0 aliphatic heterocycles. The fourth-order valence-electron chi connectivity index (χ4n) is 0.852. The lowest BCUT2D eigenvalue weighted by Crippen LogP contribution is -2.13. The fourth-order valence-corrected chi connectivity index (χ4v) is 0.852. The highest BCUT2D eigenvalue weighted by Crippen LogP contribution is 2.08. The van der Waals surface area contributed by atoms with E-state index < -0.39 is 0 Å². The molecule has 0 aromatic carbocycles. The molecule has 0 heterocycles. The van der Waals surface area contributed by atoms with Gasteiger partial charge in [-0.25, -0.2) is 0 Å². The van der Waals surface area contributed by atoms with E-state index >= 15 is 0 Å². The summed E-state index contributed by atoms with van der Waals surface area (Å²) in [6.45, 7) is 8.36. The molecule has 0 saturated carbocycles. The summed E-state index contributed by atoms with van der Waals surface area (Å²) in [5.74, 6) is 0.634. The molecular formula is C9H18O2. The van der Waals surface area contributed by atoms with Crippen LogP contribution in [0.15, 0.2) is 12.7 Å². The van der Waals surface area contributed by atoms with Crippen molar-refractivity contribution >= 4 is 0 Å². The monoisotopic (exact) mass is 158 g/mol. The van der Waals surface area contributed by atoms with E-state index in [9.17, 15) is 0 Å². The molecule has 0 rings (SSSR count). The Balaban J connectivity index is 3.49. The van der Waals surface area contributed by atoms with Gasteiger partial charge < -0.3 is 9.47 Å². The minimum atomic E-state index is 0.134. The molecule has 0 spiro atoms. The van der Waals surface area contributed by atoms with Crippen molar-refractivity contribution < 1.29 is 9.47 Å². The van der Waals surface area contributed by atoms with Crippen molar-refractivity contribution in [3.8, 4) is 0 Å². The highest BCUT2D eigenvalue weighted by Gasteiger charge is 2.05. The smallest absolute Gasteiger partial charge is 0.147 e. The largest absolute Gasteiger partial charge is 0.359 e. The molecule has 11 heavy (non-hydrogen) atoms. The van der Waals surface area contributed by atoms with Crippen molar-refractivity contribution in [1.29, 1.82) is 0 Å². The molecule has 1 atom stereocenters. The van der Waals surface area contributed by atoms with Gasteiger partial charge in [0.15, 0.2) is 0 Å². The zero-order valence-corrected chi connectivity index (χ0v) is 7.67. The maximum absolute atomic E-state index is 5.31. The van der Waals surface area contributed by atoms with Crippen LogP contribution in [0, 0.1) is 5.92 Å². The first-order valence-electron chi connectivity index (χ1n) is 3.93. The van der Waals surface area contributed by atoms with Crippen molar-refractivity contribution in [2.45, 2.75) is 26.4 Å². The average Bonchev–Trinajstić information content (AvgIpc) is 1.97. The Kier molecular flexibility index (Phi) is 6.18. The summed E-state index contributed by atoms with van der Waals surface area (Å²) in [6.07, 6.45) is 2.96. The van der Waals surface area contributed by atoms with Gasteiger partial charge in [0.25, 0.3) is 0 Å². The molecule has 0 aromatic heterocycles. The predicted molar refractivity (Wildman–Crippen MR) is 46.4 cm³/mol. The van der Waals surface area contributed by atoms with Gasteiger partial charge in [0.2, 0.25) is 0 Å². The first kappa shape index (κ1) is 10.7. The molecule has 0 fully saturated rings. The SMILES string of the molecule is C=C[C@H](CC(C)C)OCOC. The molecule has 0 N–H and O–H groups in total. The molecule has 0 radical (unpaired) electrons. The fraction of sp³-hybridized carbons (Fsp3) is 0.778. The minimum Gasteiger partial charge on any atom is -0.359 e. The van der Waals surface area contributed by atoms with Crippen molar-refractivity contribution in [3.63, 3.8) is 0 Å². The molecule has 0 saturated heterocycles. The van der Waals surface area contributed by atoms with Crippen molar-refractivity contribution in [3.05, 3.63) is 12.7 Å². The van der Waals surface area contributed by atoms with E-state index in [2.05, 4.69) is 20.4 Å². The van der Waals surface area contributed by atoms with Gasteiger partial charge in [0.05, 0.1) is 6.10 Å². The van der Waals surface area contributed by atoms with Gasteiger partial charge in [-0.2, -0.15) is 0 Å². The van der Waals surface area contributed by atoms with Crippen LogP contribution >= 0.6 is 0 Å². The second-order valence-electron chi connectivity index (χ2n) is 2.98. The number of hydrogen-bond acceptors (Lipinski definition) is 2. The molecule has 0 bridgehead atoms. The number of ether oxygens (including phenoxy) is 2. The zero-order chi connectivity index (χ0) is 8.69. The Morgan fingerprint density at radius 3 is 2.45 bits per heavy atom. The maximum atomic E-state index is 5.31. The van der Waals surface area contributed by atoms with Crippen LogP contribution in [0.4, 0.5) is 0 Å². The first-order valence-corrected chi connectivity index (χ1v) is 3.93. The van der Waals surface area contributed by atoms with Crippen molar-refractivity contribution in [1.82, 2.24) is 0 Å². The van der Waals surface area contributed by atoms with Crippen LogP contribution in [0.3, 0.4) is 0 Å². The van der Waals surface area contributed by atoms with Crippen LogP contribution in [0.25, 0.3) is 0 Å². The molecule has 66 valence electrons. The van der Waals surface area contributed by atoms with Crippen LogP contribution in [0.5, 0.6) is 0 Å². The molecule has 0 amide bonds. The molecule has 2 nitrogen and oxygen atoms in total. The molecule has 0 unspecified atom stereocenters. The minimum absolute atomic E-state index is 0.134. The normalized spacial score (nSPS) is 13.5. The topological polar surface area (TPSA) is 18.5 Å². The second kappa shape index (κ2) is 6.38. The highest BCUT2D eigenvalue weighted by molar-refractivity contribution is 4.80. The van der Waals surface area contributed by atoms with Gasteiger partial charge in [-0.3, -0.25) is 0 Å². The Labute approximate surface area is 69.2 Å². The van der Waals surface area contributed by atoms with Crippen molar-refractivity contribution in [2.24, 2.45) is 5.92 Å². The summed E-state index contributed by atoms with van der Waals surface area (Å²) in [6, 6.07) is 0. The lowest BCUT2D eigenvalue weighted by Gasteiger charge is -2.14. The summed E-state index contributed by atoms with van der Waals surface area (Å²) in [5.41, 5.74) is 0. The van der Waals surface area contributed by atoms with E-state index in [4.69, 9.17) is 9.47 Å². The van der Waals surface area contributed by atoms with E-state index in [1.165, 1.54) is 0 Å². The summed E-state index contributed by atoms with van der Waals surface area (Å²) < 4.78 is 10.1. The third kappa shape index (κ3) is 6.07. The summed E-state index contributed by atoms with van der Waals surface area (Å²) in [4.78, 5) is 0. The van der Waals surface area contributed by atoms with E-state index in [0.29, 0.717) is 12.7 Å². The Hall–Kier alpha value is -0.340. The summed E-state index contributed by atoms with van der Waals surface area (Å²) >= 11 is 0. The van der Waals surface area contributed by atoms with Gasteiger partial charge in [0.1, 0.15) is 6.79 Å². The number of hydrogen-bond donors (Lipinski definition) is 0. The Bertz CT molecular complexity index is 99.7. The first-order chi connectivity index (χ1) is 5.20. The summed E-state index contributed by atoms with van der Waals surface area (Å²) in [5, 5.41) is 0. The Morgan fingerprint density at radius 2 is 2.09 bits per heavy atom. The van der Waals surface area contributed by atoms with E-state index in [-0.39, 0.29) is 6.10 Å². The van der Waals surface area contributed by atoms with E-state index in [1.807, 2.05) is 6.08 Å². The maximum Gasteiger partial charge on any atom is 0.147 e. The molecular weight excluding hydrogens is 140 g/mol. The van der Waals surface area contributed by atoms with Gasteiger partial charge in [-0.05, 0) is 12.3 Å². The van der Waals surface area contributed by atoms with Crippen LogP contribution in [-0.4, -0.2) is 20.0 Å². The molecule has 0 aromatic rings. The van der Waals surface area contributed by atoms with Gasteiger partial charge in [-0.15, -0.1) is 6.58 Å². The standard InChI is InChI=1S/C9H18O2/c1-5-9(6-8(2)3)11-7-10-4/h5,8-9H,1,6-7H2,2-4H3/t9-/m1/s1. The van der Waals surface area contributed by atoms with Gasteiger partial charge in [0, 0.05) is 7.11 Å². The van der Waals surface area contributed by atoms with Crippen LogP contribution < -0.4 is 0 Å². The van der Waals surface area contributed by atoms with Gasteiger partial charge >= 0.3 is 0 Å². The number of rotatable bonds is 6. The number of methoxy groups -OCH3 is 1. The third-order valence-corrected chi connectivity index (χ3v) is 1.37. The zero-order valence-electron chi connectivity index (χ0n) is 7.67. The molecule has 0 aliphatic rings. The van der Waals surface area contributed by atoms with Crippen LogP contribution in [0.1, 0.15) is 20.3 Å². The van der Waals surface area contributed by atoms with E-state index in [0.717, 1.165) is 6.42 Å². The van der Waals surface area contributed by atoms with Gasteiger partial charge in [-0.1, -0.05) is 19.9 Å². The van der Waals surface area contributed by atoms with E-state index in [1.54, 1.807) is 7.11 Å². The van der Waals surface area contributed by atoms with Crippen LogP contribution in [0.2, 0.25) is 0 Å². The molecule has 0 aliphatic carbocycles. The lowest BCUT2D eigenvalue weighted by molar-refractivity contribution is -0.0603. The Morgan fingerprint density at radius 1 is 1.45 bits per heavy atom. The van der Waals surface area contributed by atoms with Crippen molar-refractivity contribution in [2.75, 3.05) is 13.9 Å². The highest BCUT2D eigenvalue weighted by atomic mass is 16.7. The van der Waals surface area contributed by atoms with Crippen LogP contribution in [-0.2, 0) is 9.47 Å². The average molecular weight is 158 g/mol. The summed E-state index contributed by atoms with van der Waals surface area (Å²) in [7, 11) is 1.62.